The van der Waals surface area contributed by atoms with E-state index in [0.717, 1.165) is 5.56 Å². The average molecular weight is 449 g/mol. The molecule has 178 valence electrons. The van der Waals surface area contributed by atoms with Crippen molar-refractivity contribution in [1.82, 2.24) is 16.0 Å². The molecule has 1 aromatic carbocycles. The van der Waals surface area contributed by atoms with Gasteiger partial charge in [0.05, 0.1) is 0 Å². The van der Waals surface area contributed by atoms with Gasteiger partial charge in [0.25, 0.3) is 0 Å². The third kappa shape index (κ3) is 9.80. The number of benzene rings is 1. The fourth-order valence-corrected chi connectivity index (χ4v) is 2.60. The quantitative estimate of drug-likeness (QED) is 0.414. The van der Waals surface area contributed by atoms with Crippen LogP contribution in [0.3, 0.4) is 0 Å². The van der Waals surface area contributed by atoms with Crippen LogP contribution in [0.2, 0.25) is 0 Å². The number of hydrogen-bond acceptors (Lipinski definition) is 5. The summed E-state index contributed by atoms with van der Waals surface area (Å²) >= 11 is 0. The van der Waals surface area contributed by atoms with E-state index in [4.69, 9.17) is 4.74 Å². The van der Waals surface area contributed by atoms with Gasteiger partial charge in [-0.05, 0) is 36.5 Å². The Morgan fingerprint density at radius 1 is 0.906 bits per heavy atom. The Kier molecular flexibility index (Phi) is 11.2. The molecule has 1 rings (SSSR count). The summed E-state index contributed by atoms with van der Waals surface area (Å²) in [6, 6.07) is 5.35. The number of anilines is 1. The molecule has 0 radical (unpaired) electrons. The average Bonchev–Trinajstić information content (AvgIpc) is 2.74. The summed E-state index contributed by atoms with van der Waals surface area (Å²) in [5.74, 6) is -0.809. The molecule has 0 fully saturated rings. The molecule has 32 heavy (non-hydrogen) atoms. The van der Waals surface area contributed by atoms with E-state index >= 15 is 0 Å². The Hall–Kier alpha value is -3.10. The Balaban J connectivity index is 2.56. The van der Waals surface area contributed by atoms with Crippen LogP contribution in [-0.2, 0) is 25.7 Å². The first kappa shape index (κ1) is 26.9. The third-order valence-corrected chi connectivity index (χ3v) is 4.58. The van der Waals surface area contributed by atoms with Gasteiger partial charge in [-0.25, -0.2) is 4.79 Å². The lowest BCUT2D eigenvalue weighted by Gasteiger charge is -2.23. The Morgan fingerprint density at radius 3 is 2.06 bits per heavy atom. The topological polar surface area (TPSA) is 126 Å². The maximum Gasteiger partial charge on any atom is 0.407 e. The first-order valence-corrected chi connectivity index (χ1v) is 10.9. The molecule has 4 amide bonds. The van der Waals surface area contributed by atoms with Gasteiger partial charge >= 0.3 is 6.09 Å². The lowest BCUT2D eigenvalue weighted by Crippen LogP contribution is -2.53. The zero-order chi connectivity index (χ0) is 24.3. The number of carbonyl (C=O) groups is 4. The molecule has 0 heterocycles. The summed E-state index contributed by atoms with van der Waals surface area (Å²) in [5, 5.41) is 10.7. The van der Waals surface area contributed by atoms with E-state index in [-0.39, 0.29) is 30.8 Å². The molecule has 0 aromatic heterocycles. The second-order valence-electron chi connectivity index (χ2n) is 8.41. The number of carbonyl (C=O) groups excluding carboxylic acids is 4. The fourth-order valence-electron chi connectivity index (χ4n) is 2.60. The zero-order valence-electron chi connectivity index (χ0n) is 19.8. The first-order chi connectivity index (χ1) is 15.0. The molecule has 9 heteroatoms. The molecule has 0 aliphatic heterocycles. The van der Waals surface area contributed by atoms with E-state index in [1.807, 2.05) is 27.7 Å². The van der Waals surface area contributed by atoms with Gasteiger partial charge in [0.15, 0.2) is 0 Å². The van der Waals surface area contributed by atoms with Crippen molar-refractivity contribution >= 4 is 29.5 Å². The Morgan fingerprint density at radius 2 is 1.53 bits per heavy atom. The Labute approximate surface area is 190 Å². The maximum absolute atomic E-state index is 12.5. The molecule has 0 saturated heterocycles. The van der Waals surface area contributed by atoms with Crippen molar-refractivity contribution < 1.29 is 23.9 Å². The molecule has 0 saturated carbocycles. The second-order valence-corrected chi connectivity index (χ2v) is 8.41. The fraction of sp³-hybridized carbons (Fsp3) is 0.565. The summed E-state index contributed by atoms with van der Waals surface area (Å²) < 4.78 is 5.14. The molecule has 2 atom stereocenters. The van der Waals surface area contributed by atoms with Crippen molar-refractivity contribution in [3.05, 3.63) is 29.8 Å². The van der Waals surface area contributed by atoms with Crippen LogP contribution in [-0.4, -0.2) is 42.4 Å². The molecule has 9 nitrogen and oxygen atoms in total. The highest BCUT2D eigenvalue weighted by Crippen LogP contribution is 2.11. The van der Waals surface area contributed by atoms with Gasteiger partial charge in [-0.3, -0.25) is 14.4 Å². The van der Waals surface area contributed by atoms with Crippen LogP contribution in [0.25, 0.3) is 0 Å². The summed E-state index contributed by atoms with van der Waals surface area (Å²) in [7, 11) is 0. The van der Waals surface area contributed by atoms with Crippen molar-refractivity contribution in [1.29, 1.82) is 0 Å². The van der Waals surface area contributed by atoms with E-state index in [1.54, 1.807) is 38.1 Å². The highest BCUT2D eigenvalue weighted by atomic mass is 16.5. The monoisotopic (exact) mass is 448 g/mol. The summed E-state index contributed by atoms with van der Waals surface area (Å²) in [6.07, 6.45) is -0.202. The largest absolute Gasteiger partial charge is 0.445 e. The molecular weight excluding hydrogens is 412 g/mol. The van der Waals surface area contributed by atoms with Crippen molar-refractivity contribution in [3.63, 3.8) is 0 Å². The number of amides is 4. The van der Waals surface area contributed by atoms with Gasteiger partial charge in [-0.2, -0.15) is 0 Å². The minimum Gasteiger partial charge on any atom is -0.445 e. The normalized spacial score (nSPS) is 12.6. The summed E-state index contributed by atoms with van der Waals surface area (Å²) in [4.78, 5) is 48.2. The molecule has 0 bridgehead atoms. The highest BCUT2D eigenvalue weighted by Gasteiger charge is 2.26. The van der Waals surface area contributed by atoms with Gasteiger partial charge in [0.2, 0.25) is 17.7 Å². The van der Waals surface area contributed by atoms with Crippen molar-refractivity contribution in [2.24, 2.45) is 11.8 Å². The summed E-state index contributed by atoms with van der Waals surface area (Å²) in [5.41, 5.74) is 1.32. The molecular formula is C23H36N4O5. The van der Waals surface area contributed by atoms with E-state index in [2.05, 4.69) is 21.3 Å². The number of ether oxygens (including phenoxy) is 1. The van der Waals surface area contributed by atoms with Gasteiger partial charge in [0.1, 0.15) is 18.7 Å². The smallest absolute Gasteiger partial charge is 0.407 e. The maximum atomic E-state index is 12.5. The number of alkyl carbamates (subject to hydrolysis) is 1. The van der Waals surface area contributed by atoms with Crippen LogP contribution in [0, 0.1) is 11.8 Å². The van der Waals surface area contributed by atoms with Crippen molar-refractivity contribution in [2.75, 3.05) is 11.9 Å². The SMILES string of the molecule is CCC(=O)N[C@H](C(=O)NC(C)C(=O)Nc1ccc(COC(=O)NCC(C)C)cc1)C(C)C. The van der Waals surface area contributed by atoms with Crippen LogP contribution < -0.4 is 21.3 Å². The minimum atomic E-state index is -0.796. The lowest BCUT2D eigenvalue weighted by atomic mass is 10.0. The second kappa shape index (κ2) is 13.3. The number of nitrogens with one attached hydrogen (secondary N) is 4. The van der Waals surface area contributed by atoms with E-state index in [9.17, 15) is 19.2 Å². The molecule has 0 spiro atoms. The third-order valence-electron chi connectivity index (χ3n) is 4.58. The highest BCUT2D eigenvalue weighted by molar-refractivity contribution is 5.98. The van der Waals surface area contributed by atoms with Crippen LogP contribution in [0.15, 0.2) is 24.3 Å². The summed E-state index contributed by atoms with van der Waals surface area (Å²) in [6.45, 7) is 11.6. The van der Waals surface area contributed by atoms with Crippen molar-refractivity contribution in [2.45, 2.75) is 66.7 Å². The van der Waals surface area contributed by atoms with Gasteiger partial charge < -0.3 is 26.0 Å². The predicted molar refractivity (Wildman–Crippen MR) is 123 cm³/mol. The van der Waals surface area contributed by atoms with E-state index in [1.165, 1.54) is 0 Å². The van der Waals surface area contributed by atoms with Crippen LogP contribution in [0.1, 0.15) is 53.5 Å². The van der Waals surface area contributed by atoms with Crippen LogP contribution in [0.5, 0.6) is 0 Å². The first-order valence-electron chi connectivity index (χ1n) is 10.9. The van der Waals surface area contributed by atoms with Gasteiger partial charge in [0, 0.05) is 18.7 Å². The van der Waals surface area contributed by atoms with Crippen molar-refractivity contribution in [3.8, 4) is 0 Å². The minimum absolute atomic E-state index is 0.116. The predicted octanol–water partition coefficient (Wildman–Crippen LogP) is 2.56. The lowest BCUT2D eigenvalue weighted by molar-refractivity contribution is -0.131. The molecule has 0 aliphatic carbocycles. The Bertz CT molecular complexity index is 777. The van der Waals surface area contributed by atoms with Crippen LogP contribution in [0.4, 0.5) is 10.5 Å². The molecule has 1 unspecified atom stereocenters. The van der Waals surface area contributed by atoms with Gasteiger partial charge in [-0.15, -0.1) is 0 Å². The molecule has 4 N–H and O–H groups in total. The van der Waals surface area contributed by atoms with E-state index < -0.39 is 24.1 Å². The molecule has 1 aromatic rings. The number of hydrogen-bond donors (Lipinski definition) is 4. The molecule has 0 aliphatic rings. The standard InChI is InChI=1S/C23H36N4O5/c1-7-19(28)27-20(15(4)5)22(30)25-16(6)21(29)26-18-10-8-17(9-11-18)13-32-23(31)24-12-14(2)3/h8-11,14-16,20H,7,12-13H2,1-6H3,(H,24,31)(H,25,30)(H,26,29)(H,27,28)/t16?,20-/m0/s1. The number of rotatable bonds is 11. The van der Waals surface area contributed by atoms with E-state index in [0.29, 0.717) is 18.2 Å². The van der Waals surface area contributed by atoms with Crippen LogP contribution >= 0.6 is 0 Å². The zero-order valence-corrected chi connectivity index (χ0v) is 19.8. The van der Waals surface area contributed by atoms with Gasteiger partial charge in [-0.1, -0.05) is 46.8 Å².